The van der Waals surface area contributed by atoms with E-state index in [4.69, 9.17) is 9.47 Å². The van der Waals surface area contributed by atoms with Crippen molar-refractivity contribution in [3.63, 3.8) is 0 Å². The van der Waals surface area contributed by atoms with Gasteiger partial charge in [-0.05, 0) is 37.3 Å². The third kappa shape index (κ3) is 5.79. The molecule has 26 heavy (non-hydrogen) atoms. The molecule has 2 fully saturated rings. The van der Waals surface area contributed by atoms with E-state index in [9.17, 15) is 4.39 Å². The molecule has 1 saturated heterocycles. The number of halogens is 2. The number of nitrogens with one attached hydrogen (secondary N) is 2. The molecule has 0 radical (unpaired) electrons. The van der Waals surface area contributed by atoms with Gasteiger partial charge < -0.3 is 20.1 Å². The van der Waals surface area contributed by atoms with Crippen LogP contribution in [-0.4, -0.2) is 52.0 Å². The number of aliphatic imine (C=N–C) groups is 1. The first-order valence-electron chi connectivity index (χ1n) is 9.12. The van der Waals surface area contributed by atoms with Gasteiger partial charge in [0.05, 0.1) is 12.7 Å². The van der Waals surface area contributed by atoms with Gasteiger partial charge in [-0.1, -0.05) is 18.2 Å². The molecule has 1 aliphatic heterocycles. The van der Waals surface area contributed by atoms with E-state index >= 15 is 0 Å². The van der Waals surface area contributed by atoms with Gasteiger partial charge in [-0.15, -0.1) is 24.0 Å². The highest BCUT2D eigenvalue weighted by molar-refractivity contribution is 14.0. The lowest BCUT2D eigenvalue weighted by atomic mass is 9.95. The number of hydrogen-bond donors (Lipinski definition) is 2. The first kappa shape index (κ1) is 21.4. The third-order valence-electron chi connectivity index (χ3n) is 4.97. The predicted octanol–water partition coefficient (Wildman–Crippen LogP) is 2.84. The Bertz CT molecular complexity index is 590. The summed E-state index contributed by atoms with van der Waals surface area (Å²) in [6, 6.07) is 7.08. The maximum absolute atomic E-state index is 14.1. The Morgan fingerprint density at radius 2 is 2.15 bits per heavy atom. The molecule has 5 nitrogen and oxygen atoms in total. The second kappa shape index (κ2) is 10.4. The zero-order chi connectivity index (χ0) is 17.5. The highest BCUT2D eigenvalue weighted by Crippen LogP contribution is 2.48. The van der Waals surface area contributed by atoms with Crippen LogP contribution in [0.3, 0.4) is 0 Å². The van der Waals surface area contributed by atoms with Crippen molar-refractivity contribution in [2.24, 2.45) is 4.99 Å². The monoisotopic (exact) mass is 477 g/mol. The quantitative estimate of drug-likeness (QED) is 0.262. The van der Waals surface area contributed by atoms with E-state index in [0.717, 1.165) is 63.6 Å². The van der Waals surface area contributed by atoms with E-state index in [0.29, 0.717) is 6.54 Å². The van der Waals surface area contributed by atoms with Gasteiger partial charge in [-0.3, -0.25) is 4.99 Å². The first-order valence-corrected chi connectivity index (χ1v) is 9.12. The number of guanidine groups is 1. The maximum Gasteiger partial charge on any atom is 0.191 e. The van der Waals surface area contributed by atoms with Gasteiger partial charge >= 0.3 is 0 Å². The smallest absolute Gasteiger partial charge is 0.191 e. The van der Waals surface area contributed by atoms with Crippen molar-refractivity contribution < 1.29 is 13.9 Å². The number of nitrogens with zero attached hydrogens (tertiary/aromatic N) is 1. The Morgan fingerprint density at radius 3 is 2.81 bits per heavy atom. The minimum atomic E-state index is -0.113. The Hall–Kier alpha value is -0.930. The standard InChI is InChI=1S/C19H28FN3O2.HI/c1-21-18(22-10-4-11-25-15-7-12-24-13-15)23-14-19(8-9-19)16-5-2-3-6-17(16)20;/h2-3,5-6,15H,4,7-14H2,1H3,(H2,21,22,23);1H. The topological polar surface area (TPSA) is 54.9 Å². The number of ether oxygens (including phenoxy) is 2. The summed E-state index contributed by atoms with van der Waals surface area (Å²) in [5.74, 6) is 0.643. The van der Waals surface area contributed by atoms with Crippen LogP contribution in [0.2, 0.25) is 0 Å². The minimum Gasteiger partial charge on any atom is -0.379 e. The Kier molecular flexibility index (Phi) is 8.56. The summed E-state index contributed by atoms with van der Waals surface area (Å²) in [5.41, 5.74) is 0.722. The van der Waals surface area contributed by atoms with Crippen LogP contribution in [0.4, 0.5) is 4.39 Å². The SMILES string of the molecule is CN=C(NCCCOC1CCOC1)NCC1(c2ccccc2F)CC1.I. The van der Waals surface area contributed by atoms with Crippen molar-refractivity contribution in [2.75, 3.05) is 40.0 Å². The van der Waals surface area contributed by atoms with Crippen molar-refractivity contribution in [1.82, 2.24) is 10.6 Å². The van der Waals surface area contributed by atoms with Crippen LogP contribution >= 0.6 is 24.0 Å². The van der Waals surface area contributed by atoms with E-state index in [-0.39, 0.29) is 41.3 Å². The molecular formula is C19H29FIN3O2. The van der Waals surface area contributed by atoms with E-state index in [1.165, 1.54) is 6.07 Å². The summed E-state index contributed by atoms with van der Waals surface area (Å²) in [5, 5.41) is 6.64. The third-order valence-corrected chi connectivity index (χ3v) is 4.97. The molecule has 1 unspecified atom stereocenters. The average Bonchev–Trinajstić information content (AvgIpc) is 3.23. The van der Waals surface area contributed by atoms with Crippen molar-refractivity contribution in [3.05, 3.63) is 35.6 Å². The van der Waals surface area contributed by atoms with Crippen LogP contribution in [-0.2, 0) is 14.9 Å². The summed E-state index contributed by atoms with van der Waals surface area (Å²) in [6.07, 6.45) is 4.18. The van der Waals surface area contributed by atoms with Crippen LogP contribution in [0.5, 0.6) is 0 Å². The Morgan fingerprint density at radius 1 is 1.35 bits per heavy atom. The number of hydrogen-bond acceptors (Lipinski definition) is 3. The van der Waals surface area contributed by atoms with Crippen LogP contribution in [0.25, 0.3) is 0 Å². The summed E-state index contributed by atoms with van der Waals surface area (Å²) in [7, 11) is 1.75. The van der Waals surface area contributed by atoms with E-state index < -0.39 is 0 Å². The van der Waals surface area contributed by atoms with Crippen LogP contribution < -0.4 is 10.6 Å². The summed E-state index contributed by atoms with van der Waals surface area (Å²) in [6.45, 7) is 3.73. The molecule has 1 heterocycles. The fourth-order valence-electron chi connectivity index (χ4n) is 3.23. The van der Waals surface area contributed by atoms with Crippen molar-refractivity contribution in [2.45, 2.75) is 37.2 Å². The summed E-state index contributed by atoms with van der Waals surface area (Å²) >= 11 is 0. The second-order valence-electron chi connectivity index (χ2n) is 6.82. The summed E-state index contributed by atoms with van der Waals surface area (Å²) in [4.78, 5) is 4.25. The summed E-state index contributed by atoms with van der Waals surface area (Å²) < 4.78 is 25.1. The highest BCUT2D eigenvalue weighted by Gasteiger charge is 2.45. The van der Waals surface area contributed by atoms with E-state index in [1.54, 1.807) is 13.1 Å². The molecule has 1 saturated carbocycles. The lowest BCUT2D eigenvalue weighted by Gasteiger charge is -2.19. The molecule has 7 heteroatoms. The van der Waals surface area contributed by atoms with E-state index in [1.807, 2.05) is 12.1 Å². The number of rotatable bonds is 8. The van der Waals surface area contributed by atoms with Crippen molar-refractivity contribution >= 4 is 29.9 Å². The maximum atomic E-state index is 14.1. The van der Waals surface area contributed by atoms with Crippen molar-refractivity contribution in [3.8, 4) is 0 Å². The molecule has 146 valence electrons. The van der Waals surface area contributed by atoms with Gasteiger partial charge in [-0.25, -0.2) is 4.39 Å². The van der Waals surface area contributed by atoms with Gasteiger partial charge in [0.15, 0.2) is 5.96 Å². The molecular weight excluding hydrogens is 448 g/mol. The largest absolute Gasteiger partial charge is 0.379 e. The fourth-order valence-corrected chi connectivity index (χ4v) is 3.23. The molecule has 1 aliphatic carbocycles. The normalized spacial score (nSPS) is 21.2. The zero-order valence-electron chi connectivity index (χ0n) is 15.3. The van der Waals surface area contributed by atoms with Crippen molar-refractivity contribution in [1.29, 1.82) is 0 Å². The van der Waals surface area contributed by atoms with Crippen LogP contribution in [0, 0.1) is 5.82 Å². The van der Waals surface area contributed by atoms with Gasteiger partial charge in [-0.2, -0.15) is 0 Å². The van der Waals surface area contributed by atoms with E-state index in [2.05, 4.69) is 15.6 Å². The van der Waals surface area contributed by atoms with Crippen LogP contribution in [0.15, 0.2) is 29.3 Å². The molecule has 1 aromatic rings. The highest BCUT2D eigenvalue weighted by atomic mass is 127. The lowest BCUT2D eigenvalue weighted by molar-refractivity contribution is 0.0420. The second-order valence-corrected chi connectivity index (χ2v) is 6.82. The molecule has 0 aromatic heterocycles. The predicted molar refractivity (Wildman–Crippen MR) is 112 cm³/mol. The molecule has 0 amide bonds. The Balaban J connectivity index is 0.00000243. The van der Waals surface area contributed by atoms with Gasteiger partial charge in [0.1, 0.15) is 5.82 Å². The van der Waals surface area contributed by atoms with Gasteiger partial charge in [0.2, 0.25) is 0 Å². The molecule has 2 N–H and O–H groups in total. The molecule has 2 aliphatic rings. The minimum absolute atomic E-state index is 0. The van der Waals surface area contributed by atoms with Gasteiger partial charge in [0.25, 0.3) is 0 Å². The lowest BCUT2D eigenvalue weighted by Crippen LogP contribution is -2.42. The molecule has 3 rings (SSSR count). The van der Waals surface area contributed by atoms with Gasteiger partial charge in [0, 0.05) is 38.8 Å². The fraction of sp³-hybridized carbons (Fsp3) is 0.632. The molecule has 0 bridgehead atoms. The Labute approximate surface area is 172 Å². The number of benzene rings is 1. The zero-order valence-corrected chi connectivity index (χ0v) is 17.6. The molecule has 1 atom stereocenters. The first-order chi connectivity index (χ1) is 12.2. The molecule has 1 aromatic carbocycles. The van der Waals surface area contributed by atoms with Crippen LogP contribution in [0.1, 0.15) is 31.2 Å². The molecule has 0 spiro atoms. The average molecular weight is 477 g/mol.